The van der Waals surface area contributed by atoms with E-state index < -0.39 is 17.6 Å². The van der Waals surface area contributed by atoms with Crippen molar-refractivity contribution in [2.24, 2.45) is 0 Å². The molecule has 0 aliphatic carbocycles. The lowest BCUT2D eigenvalue weighted by Crippen LogP contribution is -2.24. The van der Waals surface area contributed by atoms with Crippen LogP contribution in [0.1, 0.15) is 11.1 Å². The topological polar surface area (TPSA) is 18.5 Å². The normalized spacial score (nSPS) is 11.1. The number of methoxy groups -OCH3 is 2. The predicted octanol–water partition coefficient (Wildman–Crippen LogP) is 2.68. The first-order valence-corrected chi connectivity index (χ1v) is 14.1. The molecule has 2 aromatic carbocycles. The lowest BCUT2D eigenvalue weighted by molar-refractivity contribution is 0.405. The Kier molecular flexibility index (Phi) is 6.07. The van der Waals surface area contributed by atoms with Gasteiger partial charge in [0.05, 0.1) is 31.8 Å². The molecule has 0 radical (unpaired) electrons. The van der Waals surface area contributed by atoms with Crippen molar-refractivity contribution >= 4 is 28.0 Å². The molecule has 0 aliphatic heterocycles. The summed E-state index contributed by atoms with van der Waals surface area (Å²) in [6, 6.07) is 13.3. The number of hydrogen-bond donors (Lipinski definition) is 0. The fraction of sp³-hybridized carbons (Fsp3) is 0.368. The summed E-state index contributed by atoms with van der Waals surface area (Å²) >= 11 is 0. The molecule has 0 saturated carbocycles. The van der Waals surface area contributed by atoms with Crippen molar-refractivity contribution in [2.75, 3.05) is 14.2 Å². The van der Waals surface area contributed by atoms with Crippen LogP contribution in [-0.4, -0.2) is 31.8 Å². The molecule has 124 valence electrons. The Bertz CT molecular complexity index is 609. The maximum atomic E-state index is 5.59. The van der Waals surface area contributed by atoms with Crippen LogP contribution >= 0.6 is 0 Å². The third kappa shape index (κ3) is 4.27. The highest BCUT2D eigenvalue weighted by Gasteiger charge is 2.13. The van der Waals surface area contributed by atoms with Crippen LogP contribution in [0, 0.1) is 0 Å². The third-order valence-corrected chi connectivity index (χ3v) is 7.71. The summed E-state index contributed by atoms with van der Waals surface area (Å²) in [5, 5.41) is 2.96. The molecule has 23 heavy (non-hydrogen) atoms. The highest BCUT2D eigenvalue weighted by molar-refractivity contribution is 6.71. The molecule has 0 saturated heterocycles. The average Bonchev–Trinajstić information content (AvgIpc) is 2.54. The van der Waals surface area contributed by atoms with Gasteiger partial charge in [0.15, 0.2) is 0 Å². The van der Waals surface area contributed by atoms with Gasteiger partial charge >= 0.3 is 0 Å². The second-order valence-electron chi connectivity index (χ2n) is 6.63. The molecule has 0 aliphatic rings. The van der Waals surface area contributed by atoms with Gasteiger partial charge in [-0.2, -0.15) is 0 Å². The maximum Gasteiger partial charge on any atom is 0.122 e. The molecule has 0 spiro atoms. The molecule has 0 heterocycles. The molecule has 2 nitrogen and oxygen atoms in total. The van der Waals surface area contributed by atoms with Gasteiger partial charge in [-0.3, -0.25) is 0 Å². The molecule has 0 aromatic heterocycles. The van der Waals surface area contributed by atoms with Crippen molar-refractivity contribution in [3.8, 4) is 11.5 Å². The van der Waals surface area contributed by atoms with Crippen LogP contribution in [0.2, 0.25) is 26.2 Å². The molecular weight excluding hydrogens is 316 g/mol. The maximum absolute atomic E-state index is 5.59. The monoisotopic (exact) mass is 344 g/mol. The summed E-state index contributed by atoms with van der Waals surface area (Å²) in [6.07, 6.45) is 0.857. The summed E-state index contributed by atoms with van der Waals surface area (Å²) in [5.74, 6) is 1.94. The van der Waals surface area contributed by atoms with Crippen LogP contribution in [-0.2, 0) is 6.42 Å². The van der Waals surface area contributed by atoms with Crippen LogP contribution in [0.25, 0.3) is 0 Å². The van der Waals surface area contributed by atoms with Gasteiger partial charge < -0.3 is 9.47 Å². The zero-order chi connectivity index (χ0) is 17.0. The zero-order valence-electron chi connectivity index (χ0n) is 15.1. The van der Waals surface area contributed by atoms with Crippen molar-refractivity contribution in [3.05, 3.63) is 47.5 Å². The van der Waals surface area contributed by atoms with Crippen molar-refractivity contribution < 1.29 is 9.47 Å². The van der Waals surface area contributed by atoms with Crippen molar-refractivity contribution in [1.82, 2.24) is 0 Å². The van der Waals surface area contributed by atoms with Gasteiger partial charge in [0, 0.05) is 6.42 Å². The molecule has 0 atom stereocenters. The first-order valence-electron chi connectivity index (χ1n) is 8.29. The molecule has 4 heteroatoms. The third-order valence-electron chi connectivity index (χ3n) is 4.32. The molecular formula is C19H28O2Si2. The fourth-order valence-electron chi connectivity index (χ4n) is 2.80. The summed E-state index contributed by atoms with van der Waals surface area (Å²) < 4.78 is 11.2. The number of rotatable bonds is 6. The van der Waals surface area contributed by atoms with Crippen molar-refractivity contribution in [1.29, 1.82) is 0 Å². The van der Waals surface area contributed by atoms with Gasteiger partial charge in [-0.05, 0) is 23.3 Å². The second kappa shape index (κ2) is 7.84. The molecule has 0 amide bonds. The fourth-order valence-corrected chi connectivity index (χ4v) is 4.83. The Morgan fingerprint density at radius 3 is 1.39 bits per heavy atom. The predicted molar refractivity (Wildman–Crippen MR) is 106 cm³/mol. The Labute approximate surface area is 143 Å². The summed E-state index contributed by atoms with van der Waals surface area (Å²) in [4.78, 5) is 0. The first-order chi connectivity index (χ1) is 11.0. The Morgan fingerprint density at radius 2 is 1.09 bits per heavy atom. The van der Waals surface area contributed by atoms with E-state index in [9.17, 15) is 0 Å². The smallest absolute Gasteiger partial charge is 0.122 e. The van der Waals surface area contributed by atoms with E-state index in [4.69, 9.17) is 9.47 Å². The average molecular weight is 345 g/mol. The van der Waals surface area contributed by atoms with Crippen LogP contribution < -0.4 is 19.8 Å². The largest absolute Gasteiger partial charge is 0.496 e. The highest BCUT2D eigenvalue weighted by atomic mass is 28.3. The SMILES string of the molecule is COc1ccc([SiH](C)C)cc1Cc1cc([SiH](C)C)ccc1OC. The lowest BCUT2D eigenvalue weighted by atomic mass is 10.0. The van der Waals surface area contributed by atoms with E-state index in [-0.39, 0.29) is 0 Å². The Morgan fingerprint density at radius 1 is 0.696 bits per heavy atom. The van der Waals surface area contributed by atoms with Crippen LogP contribution in [0.4, 0.5) is 0 Å². The zero-order valence-corrected chi connectivity index (χ0v) is 17.5. The standard InChI is InChI=1S/C19H28O2Si2/c1-20-18-9-7-16(22(3)4)12-14(18)11-15-13-17(23(5)6)8-10-19(15)21-2/h7-10,12-13,22-23H,11H2,1-6H3. The van der Waals surface area contributed by atoms with Crippen LogP contribution in [0.5, 0.6) is 11.5 Å². The van der Waals surface area contributed by atoms with E-state index in [0.717, 1.165) is 17.9 Å². The van der Waals surface area contributed by atoms with Gasteiger partial charge in [-0.1, -0.05) is 60.8 Å². The van der Waals surface area contributed by atoms with E-state index in [1.165, 1.54) is 21.5 Å². The minimum absolute atomic E-state index is 0.822. The van der Waals surface area contributed by atoms with Crippen LogP contribution in [0.3, 0.4) is 0 Å². The van der Waals surface area contributed by atoms with Gasteiger partial charge in [0.1, 0.15) is 11.5 Å². The van der Waals surface area contributed by atoms with Gasteiger partial charge in [-0.25, -0.2) is 0 Å². The quantitative estimate of drug-likeness (QED) is 0.750. The minimum Gasteiger partial charge on any atom is -0.496 e. The Hall–Kier alpha value is -1.53. The first kappa shape index (κ1) is 17.8. The van der Waals surface area contributed by atoms with Gasteiger partial charge in [0.2, 0.25) is 0 Å². The van der Waals surface area contributed by atoms with E-state index in [1.807, 2.05) is 0 Å². The molecule has 2 rings (SSSR count). The van der Waals surface area contributed by atoms with Crippen LogP contribution in [0.15, 0.2) is 36.4 Å². The second-order valence-corrected chi connectivity index (χ2v) is 12.6. The Balaban J connectivity index is 2.44. The number of benzene rings is 2. The summed E-state index contributed by atoms with van der Waals surface area (Å²) in [7, 11) is 1.86. The van der Waals surface area contributed by atoms with E-state index in [2.05, 4.69) is 62.6 Å². The molecule has 0 N–H and O–H groups in total. The molecule has 0 unspecified atom stereocenters. The highest BCUT2D eigenvalue weighted by Crippen LogP contribution is 2.25. The van der Waals surface area contributed by atoms with E-state index >= 15 is 0 Å². The van der Waals surface area contributed by atoms with E-state index in [1.54, 1.807) is 14.2 Å². The molecule has 0 bridgehead atoms. The van der Waals surface area contributed by atoms with Gasteiger partial charge in [-0.15, -0.1) is 0 Å². The summed E-state index contributed by atoms with van der Waals surface area (Å²) in [5.41, 5.74) is 2.51. The van der Waals surface area contributed by atoms with E-state index in [0.29, 0.717) is 0 Å². The number of ether oxygens (including phenoxy) is 2. The lowest BCUT2D eigenvalue weighted by Gasteiger charge is -2.16. The molecule has 0 fully saturated rings. The molecule has 2 aromatic rings. The van der Waals surface area contributed by atoms with Crippen molar-refractivity contribution in [3.63, 3.8) is 0 Å². The minimum atomic E-state index is -0.822. The summed E-state index contributed by atoms with van der Waals surface area (Å²) in [6.45, 7) is 9.43. The number of hydrogen-bond acceptors (Lipinski definition) is 2. The van der Waals surface area contributed by atoms with Crippen molar-refractivity contribution in [2.45, 2.75) is 32.6 Å². The van der Waals surface area contributed by atoms with Gasteiger partial charge in [0.25, 0.3) is 0 Å².